The molecule has 0 saturated heterocycles. The zero-order chi connectivity index (χ0) is 12.4. The van der Waals surface area contributed by atoms with E-state index in [1.165, 1.54) is 12.1 Å². The minimum absolute atomic E-state index is 0.225. The standard InChI is InChI=1S/C12H14FNO3/c13-9-2-1-8-3-4-14(11(8)5-9)7-10(15)6-12(16)17/h1-2,5,10,15H,3-4,6-7H2,(H,16,17). The number of β-amino-alcohol motifs (C(OH)–C–C–N with tert-alkyl or cyclic N) is 1. The third kappa shape index (κ3) is 2.74. The second kappa shape index (κ2) is 4.71. The van der Waals surface area contributed by atoms with E-state index >= 15 is 0 Å². The number of benzene rings is 1. The molecule has 1 aliphatic rings. The minimum atomic E-state index is -1.03. The van der Waals surface area contributed by atoms with Crippen LogP contribution in [0, 0.1) is 5.82 Å². The minimum Gasteiger partial charge on any atom is -0.481 e. The van der Waals surface area contributed by atoms with Crippen molar-refractivity contribution in [3.05, 3.63) is 29.6 Å². The van der Waals surface area contributed by atoms with Crippen LogP contribution in [0.3, 0.4) is 0 Å². The fourth-order valence-corrected chi connectivity index (χ4v) is 2.13. The quantitative estimate of drug-likeness (QED) is 0.823. The Hall–Kier alpha value is -1.62. The van der Waals surface area contributed by atoms with Gasteiger partial charge in [-0.05, 0) is 24.1 Å². The fraction of sp³-hybridized carbons (Fsp3) is 0.417. The normalized spacial score (nSPS) is 15.8. The molecule has 5 heteroatoms. The Morgan fingerprint density at radius 1 is 1.53 bits per heavy atom. The van der Waals surface area contributed by atoms with Crippen LogP contribution in [0.25, 0.3) is 0 Å². The topological polar surface area (TPSA) is 60.8 Å². The van der Waals surface area contributed by atoms with E-state index in [4.69, 9.17) is 5.11 Å². The number of nitrogens with zero attached hydrogens (tertiary/aromatic N) is 1. The summed E-state index contributed by atoms with van der Waals surface area (Å²) >= 11 is 0. The number of rotatable bonds is 4. The van der Waals surface area contributed by atoms with Gasteiger partial charge in [0.25, 0.3) is 0 Å². The summed E-state index contributed by atoms with van der Waals surface area (Å²) in [6.45, 7) is 0.915. The van der Waals surface area contributed by atoms with Gasteiger partial charge < -0.3 is 15.1 Å². The van der Waals surface area contributed by atoms with Crippen LogP contribution in [-0.4, -0.2) is 35.4 Å². The van der Waals surface area contributed by atoms with Gasteiger partial charge in [0.15, 0.2) is 0 Å². The van der Waals surface area contributed by atoms with Crippen molar-refractivity contribution in [1.29, 1.82) is 0 Å². The molecule has 0 saturated carbocycles. The van der Waals surface area contributed by atoms with Crippen molar-refractivity contribution in [3.8, 4) is 0 Å². The zero-order valence-electron chi connectivity index (χ0n) is 9.27. The lowest BCUT2D eigenvalue weighted by molar-refractivity contribution is -0.139. The molecule has 2 rings (SSSR count). The molecule has 4 nitrogen and oxygen atoms in total. The number of aliphatic carboxylic acids is 1. The summed E-state index contributed by atoms with van der Waals surface area (Å²) < 4.78 is 13.1. The molecule has 17 heavy (non-hydrogen) atoms. The molecule has 0 radical (unpaired) electrons. The largest absolute Gasteiger partial charge is 0.481 e. The molecule has 1 aromatic carbocycles. The molecule has 92 valence electrons. The average molecular weight is 239 g/mol. The first-order valence-electron chi connectivity index (χ1n) is 5.49. The van der Waals surface area contributed by atoms with Crippen molar-refractivity contribution in [2.75, 3.05) is 18.0 Å². The van der Waals surface area contributed by atoms with Crippen LogP contribution in [0.2, 0.25) is 0 Å². The van der Waals surface area contributed by atoms with Gasteiger partial charge in [-0.15, -0.1) is 0 Å². The Morgan fingerprint density at radius 2 is 2.29 bits per heavy atom. The van der Waals surface area contributed by atoms with Crippen molar-refractivity contribution in [2.45, 2.75) is 18.9 Å². The van der Waals surface area contributed by atoms with E-state index in [0.29, 0.717) is 6.54 Å². The second-order valence-corrected chi connectivity index (χ2v) is 4.22. The van der Waals surface area contributed by atoms with E-state index < -0.39 is 12.1 Å². The predicted octanol–water partition coefficient (Wildman–Crippen LogP) is 1.02. The first-order valence-corrected chi connectivity index (χ1v) is 5.49. The molecule has 1 heterocycles. The van der Waals surface area contributed by atoms with Crippen LogP contribution in [0.1, 0.15) is 12.0 Å². The average Bonchev–Trinajstić information content (AvgIpc) is 2.60. The van der Waals surface area contributed by atoms with E-state index in [1.54, 1.807) is 6.07 Å². The molecule has 1 aromatic rings. The van der Waals surface area contributed by atoms with Crippen LogP contribution in [0.5, 0.6) is 0 Å². The Morgan fingerprint density at radius 3 is 3.00 bits per heavy atom. The lowest BCUT2D eigenvalue weighted by Crippen LogP contribution is -2.32. The number of carboxylic acid groups (broad SMARTS) is 1. The van der Waals surface area contributed by atoms with E-state index in [-0.39, 0.29) is 18.8 Å². The SMILES string of the molecule is O=C(O)CC(O)CN1CCc2ccc(F)cc21. The molecule has 0 amide bonds. The van der Waals surface area contributed by atoms with E-state index in [9.17, 15) is 14.3 Å². The van der Waals surface area contributed by atoms with Gasteiger partial charge in [0.1, 0.15) is 5.82 Å². The van der Waals surface area contributed by atoms with E-state index in [0.717, 1.165) is 17.7 Å². The summed E-state index contributed by atoms with van der Waals surface area (Å²) in [6.07, 6.45) is -0.418. The molecular formula is C12H14FNO3. The highest BCUT2D eigenvalue weighted by Crippen LogP contribution is 2.28. The molecule has 1 atom stereocenters. The number of halogens is 1. The van der Waals surface area contributed by atoms with Crippen molar-refractivity contribution in [1.82, 2.24) is 0 Å². The maximum atomic E-state index is 13.1. The van der Waals surface area contributed by atoms with Crippen molar-refractivity contribution < 1.29 is 19.4 Å². The van der Waals surface area contributed by atoms with E-state index in [1.807, 2.05) is 4.90 Å². The second-order valence-electron chi connectivity index (χ2n) is 4.22. The monoisotopic (exact) mass is 239 g/mol. The Balaban J connectivity index is 2.06. The lowest BCUT2D eigenvalue weighted by Gasteiger charge is -2.22. The summed E-state index contributed by atoms with van der Waals surface area (Å²) in [7, 11) is 0. The van der Waals surface area contributed by atoms with Crippen LogP contribution in [0.4, 0.5) is 10.1 Å². The van der Waals surface area contributed by atoms with Gasteiger partial charge in [-0.2, -0.15) is 0 Å². The Bertz CT molecular complexity index is 436. The van der Waals surface area contributed by atoms with Gasteiger partial charge in [0.2, 0.25) is 0 Å². The van der Waals surface area contributed by atoms with Gasteiger partial charge in [0, 0.05) is 18.8 Å². The number of aliphatic hydroxyl groups is 1. The molecule has 0 aliphatic carbocycles. The number of fused-ring (bicyclic) bond motifs is 1. The van der Waals surface area contributed by atoms with Crippen LogP contribution < -0.4 is 4.90 Å². The fourth-order valence-electron chi connectivity index (χ4n) is 2.13. The smallest absolute Gasteiger partial charge is 0.306 e. The van der Waals surface area contributed by atoms with Gasteiger partial charge in [0.05, 0.1) is 12.5 Å². The first-order chi connectivity index (χ1) is 8.06. The maximum absolute atomic E-state index is 13.1. The highest BCUT2D eigenvalue weighted by atomic mass is 19.1. The number of aliphatic hydroxyl groups excluding tert-OH is 1. The number of carbonyl (C=O) groups is 1. The predicted molar refractivity (Wildman–Crippen MR) is 60.6 cm³/mol. The van der Waals surface area contributed by atoms with Gasteiger partial charge in [-0.3, -0.25) is 4.79 Å². The van der Waals surface area contributed by atoms with Gasteiger partial charge in [-0.1, -0.05) is 6.07 Å². The summed E-state index contributed by atoms with van der Waals surface area (Å²) in [5.74, 6) is -1.35. The van der Waals surface area contributed by atoms with Crippen LogP contribution in [0.15, 0.2) is 18.2 Å². The highest BCUT2D eigenvalue weighted by molar-refractivity contribution is 5.67. The lowest BCUT2D eigenvalue weighted by atomic mass is 10.1. The van der Waals surface area contributed by atoms with Crippen LogP contribution in [-0.2, 0) is 11.2 Å². The molecule has 1 aliphatic heterocycles. The van der Waals surface area contributed by atoms with Gasteiger partial charge >= 0.3 is 5.97 Å². The molecule has 1 unspecified atom stereocenters. The maximum Gasteiger partial charge on any atom is 0.306 e. The third-order valence-electron chi connectivity index (χ3n) is 2.88. The number of anilines is 1. The zero-order valence-corrected chi connectivity index (χ0v) is 9.27. The first kappa shape index (κ1) is 11.9. The van der Waals surface area contributed by atoms with Crippen molar-refractivity contribution in [2.24, 2.45) is 0 Å². The van der Waals surface area contributed by atoms with Gasteiger partial charge in [-0.25, -0.2) is 4.39 Å². The Kier molecular flexibility index (Phi) is 3.28. The summed E-state index contributed by atoms with van der Waals surface area (Å²) in [5.41, 5.74) is 1.79. The van der Waals surface area contributed by atoms with Crippen molar-refractivity contribution in [3.63, 3.8) is 0 Å². The van der Waals surface area contributed by atoms with E-state index in [2.05, 4.69) is 0 Å². The number of carboxylic acids is 1. The highest BCUT2D eigenvalue weighted by Gasteiger charge is 2.22. The molecule has 2 N–H and O–H groups in total. The number of hydrogen-bond acceptors (Lipinski definition) is 3. The summed E-state index contributed by atoms with van der Waals surface area (Å²) in [4.78, 5) is 12.3. The van der Waals surface area contributed by atoms with Crippen LogP contribution >= 0.6 is 0 Å². The third-order valence-corrected chi connectivity index (χ3v) is 2.88. The summed E-state index contributed by atoms with van der Waals surface area (Å²) in [5, 5.41) is 18.1. The number of hydrogen-bond donors (Lipinski definition) is 2. The molecule has 0 fully saturated rings. The molecule has 0 bridgehead atoms. The molecule has 0 aromatic heterocycles. The molecular weight excluding hydrogens is 225 g/mol. The van der Waals surface area contributed by atoms with Crippen molar-refractivity contribution >= 4 is 11.7 Å². The summed E-state index contributed by atoms with van der Waals surface area (Å²) in [6, 6.07) is 4.57. The Labute approximate surface area is 98.3 Å². The molecule has 0 spiro atoms.